The lowest BCUT2D eigenvalue weighted by Gasteiger charge is -2.40. The van der Waals surface area contributed by atoms with Crippen LogP contribution in [-0.2, 0) is 0 Å². The first-order valence-corrected chi connectivity index (χ1v) is 12.5. The summed E-state index contributed by atoms with van der Waals surface area (Å²) in [5.74, 6) is -1.56. The summed E-state index contributed by atoms with van der Waals surface area (Å²) >= 11 is 0. The van der Waals surface area contributed by atoms with Crippen LogP contribution >= 0.6 is 0 Å². The average Bonchev–Trinajstić information content (AvgIpc) is 3.36. The highest BCUT2D eigenvalue weighted by atomic mass is 19.2. The molecule has 4 N–H and O–H groups in total. The van der Waals surface area contributed by atoms with Gasteiger partial charge >= 0.3 is 0 Å². The van der Waals surface area contributed by atoms with Crippen LogP contribution in [0.4, 0.5) is 20.5 Å². The molecular weight excluding hydrogens is 464 g/mol. The number of benzene rings is 2. The summed E-state index contributed by atoms with van der Waals surface area (Å²) in [4.78, 5) is 18.0. The molecule has 0 unspecified atom stereocenters. The van der Waals surface area contributed by atoms with E-state index in [2.05, 4.69) is 20.5 Å². The number of nitrogens with two attached hydrogens (primary N) is 1. The first-order chi connectivity index (χ1) is 17.5. The van der Waals surface area contributed by atoms with E-state index >= 15 is 0 Å². The van der Waals surface area contributed by atoms with Gasteiger partial charge in [0.05, 0.1) is 6.20 Å². The number of halogens is 2. The van der Waals surface area contributed by atoms with Gasteiger partial charge in [-0.25, -0.2) is 13.8 Å². The molecule has 3 atom stereocenters. The first kappa shape index (κ1) is 24.2. The monoisotopic (exact) mass is 495 g/mol. The van der Waals surface area contributed by atoms with Crippen molar-refractivity contribution in [3.05, 3.63) is 65.9 Å². The lowest BCUT2D eigenvalue weighted by atomic mass is 9.89. The van der Waals surface area contributed by atoms with Crippen LogP contribution in [0.1, 0.15) is 48.9 Å². The molecule has 0 bridgehead atoms. The molecule has 5 rings (SSSR count). The topological polar surface area (TPSA) is 96.4 Å². The Bertz CT molecular complexity index is 1220. The fourth-order valence-corrected chi connectivity index (χ4v) is 5.29. The molecular formula is C27H31F2N5O2. The Kier molecular flexibility index (Phi) is 7.18. The van der Waals surface area contributed by atoms with Crippen molar-refractivity contribution in [3.63, 3.8) is 0 Å². The molecule has 36 heavy (non-hydrogen) atoms. The van der Waals surface area contributed by atoms with Crippen LogP contribution in [0.15, 0.2) is 53.1 Å². The molecule has 9 heteroatoms. The van der Waals surface area contributed by atoms with Crippen LogP contribution in [0.3, 0.4) is 0 Å². The molecule has 1 saturated carbocycles. The number of primary amides is 1. The standard InChI is InChI=1S/C27H31F2N5O2/c28-21-11-10-20(14-22(21)29)34-12-4-7-19(16-34)32-23-8-1-2-9-24(23)33-27-31-15-25(36-27)17-5-3-6-18(13-17)26(30)35/h3,5-6,10-11,13-15,19,23-24,32H,1-2,4,7-9,12,16H2,(H2,30,35)(H,31,33)/t19-,23+,24+/m0/s1. The molecule has 1 aliphatic carbocycles. The highest BCUT2D eigenvalue weighted by Gasteiger charge is 2.30. The minimum atomic E-state index is -0.822. The Morgan fingerprint density at radius 1 is 1.03 bits per heavy atom. The molecule has 7 nitrogen and oxygen atoms in total. The molecule has 2 aliphatic rings. The number of carbonyl (C=O) groups excluding carboxylic acids is 1. The molecule has 3 aromatic rings. The molecule has 1 saturated heterocycles. The van der Waals surface area contributed by atoms with E-state index in [1.807, 2.05) is 6.07 Å². The lowest BCUT2D eigenvalue weighted by Crippen LogP contribution is -2.54. The Hall–Kier alpha value is -3.46. The van der Waals surface area contributed by atoms with Gasteiger partial charge in [-0.1, -0.05) is 25.0 Å². The van der Waals surface area contributed by atoms with Crippen molar-refractivity contribution in [2.24, 2.45) is 5.73 Å². The molecule has 2 aromatic carbocycles. The van der Waals surface area contributed by atoms with Gasteiger partial charge in [0, 0.05) is 54.1 Å². The van der Waals surface area contributed by atoms with E-state index in [-0.39, 0.29) is 18.1 Å². The van der Waals surface area contributed by atoms with E-state index in [0.29, 0.717) is 23.0 Å². The number of nitrogens with one attached hydrogen (secondary N) is 2. The maximum atomic E-state index is 13.8. The number of nitrogens with zero attached hydrogens (tertiary/aromatic N) is 2. The molecule has 1 amide bonds. The van der Waals surface area contributed by atoms with E-state index in [1.165, 1.54) is 12.1 Å². The number of aromatic nitrogens is 1. The van der Waals surface area contributed by atoms with Crippen LogP contribution in [0, 0.1) is 11.6 Å². The summed E-state index contributed by atoms with van der Waals surface area (Å²) in [7, 11) is 0. The first-order valence-electron chi connectivity index (χ1n) is 12.5. The van der Waals surface area contributed by atoms with Crippen LogP contribution in [-0.4, -0.2) is 42.1 Å². The van der Waals surface area contributed by atoms with Gasteiger partial charge in [0.25, 0.3) is 6.01 Å². The zero-order valence-electron chi connectivity index (χ0n) is 20.1. The predicted octanol–water partition coefficient (Wildman–Crippen LogP) is 4.70. The van der Waals surface area contributed by atoms with E-state index < -0.39 is 17.5 Å². The lowest BCUT2D eigenvalue weighted by molar-refractivity contribution is 0.100. The molecule has 2 fully saturated rings. The molecule has 0 spiro atoms. The average molecular weight is 496 g/mol. The normalized spacial score (nSPS) is 22.4. The second-order valence-electron chi connectivity index (χ2n) is 9.67. The van der Waals surface area contributed by atoms with Crippen molar-refractivity contribution in [2.75, 3.05) is 23.3 Å². The number of anilines is 2. The fraction of sp³-hybridized carbons (Fsp3) is 0.407. The number of piperidine rings is 1. The Morgan fingerprint density at radius 2 is 1.86 bits per heavy atom. The maximum absolute atomic E-state index is 13.8. The van der Waals surface area contributed by atoms with E-state index in [4.69, 9.17) is 10.2 Å². The van der Waals surface area contributed by atoms with Crippen LogP contribution in [0.5, 0.6) is 0 Å². The van der Waals surface area contributed by atoms with Crippen LogP contribution in [0.25, 0.3) is 11.3 Å². The van der Waals surface area contributed by atoms with Gasteiger partial charge in [-0.15, -0.1) is 0 Å². The van der Waals surface area contributed by atoms with Gasteiger partial charge < -0.3 is 25.7 Å². The van der Waals surface area contributed by atoms with E-state index in [9.17, 15) is 13.6 Å². The summed E-state index contributed by atoms with van der Waals surface area (Å²) in [6.07, 6.45) is 7.95. The van der Waals surface area contributed by atoms with Crippen molar-refractivity contribution in [1.29, 1.82) is 0 Å². The van der Waals surface area contributed by atoms with Gasteiger partial charge in [-0.05, 0) is 49.9 Å². The highest BCUT2D eigenvalue weighted by molar-refractivity contribution is 5.93. The second-order valence-corrected chi connectivity index (χ2v) is 9.67. The number of amides is 1. The quantitative estimate of drug-likeness (QED) is 0.440. The largest absolute Gasteiger partial charge is 0.424 e. The molecule has 190 valence electrons. The zero-order chi connectivity index (χ0) is 25.1. The summed E-state index contributed by atoms with van der Waals surface area (Å²) in [6, 6.07) is 12.2. The third-order valence-electron chi connectivity index (χ3n) is 7.15. The van der Waals surface area contributed by atoms with Crippen molar-refractivity contribution >= 4 is 17.6 Å². The Labute approximate surface area is 209 Å². The Balaban J connectivity index is 1.23. The van der Waals surface area contributed by atoms with Crippen molar-refractivity contribution < 1.29 is 18.0 Å². The molecule has 1 aromatic heterocycles. The minimum Gasteiger partial charge on any atom is -0.424 e. The van der Waals surface area contributed by atoms with Gasteiger partial charge in [-0.3, -0.25) is 4.79 Å². The summed E-state index contributed by atoms with van der Waals surface area (Å²) in [5, 5.41) is 7.29. The number of hydrogen-bond acceptors (Lipinski definition) is 6. The summed E-state index contributed by atoms with van der Waals surface area (Å²) in [6.45, 7) is 1.57. The van der Waals surface area contributed by atoms with E-state index in [1.54, 1.807) is 30.5 Å². The van der Waals surface area contributed by atoms with Gasteiger partial charge in [-0.2, -0.15) is 0 Å². The zero-order valence-corrected chi connectivity index (χ0v) is 20.1. The molecule has 2 heterocycles. The highest BCUT2D eigenvalue weighted by Crippen LogP contribution is 2.28. The third-order valence-corrected chi connectivity index (χ3v) is 7.15. The van der Waals surface area contributed by atoms with E-state index in [0.717, 1.165) is 57.2 Å². The molecule has 0 radical (unpaired) electrons. The van der Waals surface area contributed by atoms with Crippen LogP contribution in [0.2, 0.25) is 0 Å². The smallest absolute Gasteiger partial charge is 0.295 e. The number of oxazole rings is 1. The molecule has 1 aliphatic heterocycles. The second kappa shape index (κ2) is 10.7. The van der Waals surface area contributed by atoms with Crippen molar-refractivity contribution in [2.45, 2.75) is 56.7 Å². The summed E-state index contributed by atoms with van der Waals surface area (Å²) in [5.41, 5.74) is 7.27. The number of rotatable bonds is 7. The SMILES string of the molecule is NC(=O)c1cccc(-c2cnc(N[C@@H]3CCCC[C@H]3N[C@H]3CCCN(c4ccc(F)c(F)c4)C3)o2)c1. The minimum absolute atomic E-state index is 0.154. The van der Waals surface area contributed by atoms with Crippen molar-refractivity contribution in [3.8, 4) is 11.3 Å². The van der Waals surface area contributed by atoms with Crippen molar-refractivity contribution in [1.82, 2.24) is 10.3 Å². The third kappa shape index (κ3) is 5.51. The predicted molar refractivity (Wildman–Crippen MR) is 135 cm³/mol. The van der Waals surface area contributed by atoms with Crippen LogP contribution < -0.4 is 21.3 Å². The van der Waals surface area contributed by atoms with Gasteiger partial charge in [0.1, 0.15) is 0 Å². The number of hydrogen-bond donors (Lipinski definition) is 3. The Morgan fingerprint density at radius 3 is 2.67 bits per heavy atom. The number of carbonyl (C=O) groups is 1. The van der Waals surface area contributed by atoms with Gasteiger partial charge in [0.15, 0.2) is 17.4 Å². The summed E-state index contributed by atoms with van der Waals surface area (Å²) < 4.78 is 33.1. The fourth-order valence-electron chi connectivity index (χ4n) is 5.29. The van der Waals surface area contributed by atoms with Gasteiger partial charge in [0.2, 0.25) is 5.91 Å². The maximum Gasteiger partial charge on any atom is 0.295 e.